The first kappa shape index (κ1) is 18.2. The number of methoxy groups -OCH3 is 1. The Hall–Kier alpha value is -2.57. The summed E-state index contributed by atoms with van der Waals surface area (Å²) >= 11 is 0. The molecule has 1 amide bonds. The van der Waals surface area contributed by atoms with Gasteiger partial charge in [0.2, 0.25) is 0 Å². The van der Waals surface area contributed by atoms with Crippen molar-refractivity contribution in [3.63, 3.8) is 0 Å². The highest BCUT2D eigenvalue weighted by Gasteiger charge is 2.29. The van der Waals surface area contributed by atoms with Crippen LogP contribution in [-0.2, 0) is 0 Å². The number of hydrogen-bond acceptors (Lipinski definition) is 5. The lowest BCUT2D eigenvalue weighted by Gasteiger charge is -2.32. The fourth-order valence-corrected chi connectivity index (χ4v) is 2.90. The lowest BCUT2D eigenvalue weighted by atomic mass is 9.94. The van der Waals surface area contributed by atoms with E-state index in [0.717, 1.165) is 18.7 Å². The topological polar surface area (TPSA) is 79.8 Å². The van der Waals surface area contributed by atoms with Gasteiger partial charge in [-0.1, -0.05) is 0 Å². The lowest BCUT2D eigenvalue weighted by molar-refractivity contribution is 0.0170. The van der Waals surface area contributed by atoms with Crippen LogP contribution >= 0.6 is 0 Å². The van der Waals surface area contributed by atoms with Crippen LogP contribution in [-0.4, -0.2) is 43.4 Å². The van der Waals surface area contributed by atoms with Crippen LogP contribution < -0.4 is 20.1 Å². The number of hydrogen-bond donors (Lipinski definition) is 3. The summed E-state index contributed by atoms with van der Waals surface area (Å²) in [6, 6.07) is 14.2. The summed E-state index contributed by atoms with van der Waals surface area (Å²) in [4.78, 5) is 12.3. The fraction of sp³-hybridized carbons (Fsp3) is 0.350. The van der Waals surface area contributed by atoms with Gasteiger partial charge in [0.1, 0.15) is 17.2 Å². The second-order valence-corrected chi connectivity index (χ2v) is 6.49. The van der Waals surface area contributed by atoms with Crippen LogP contribution in [0.2, 0.25) is 0 Å². The molecular weight excluding hydrogens is 332 g/mol. The number of carbonyl (C=O) groups is 1. The van der Waals surface area contributed by atoms with Crippen molar-refractivity contribution < 1.29 is 19.4 Å². The number of carbonyl (C=O) groups excluding carboxylic acids is 1. The van der Waals surface area contributed by atoms with Crippen LogP contribution in [0.3, 0.4) is 0 Å². The maximum atomic E-state index is 12.3. The lowest BCUT2D eigenvalue weighted by Crippen LogP contribution is -2.52. The molecule has 0 spiro atoms. The van der Waals surface area contributed by atoms with Gasteiger partial charge in [0, 0.05) is 18.7 Å². The van der Waals surface area contributed by atoms with E-state index in [4.69, 9.17) is 9.47 Å². The van der Waals surface area contributed by atoms with E-state index in [1.807, 2.05) is 24.3 Å². The molecule has 1 unspecified atom stereocenters. The molecule has 26 heavy (non-hydrogen) atoms. The second kappa shape index (κ2) is 8.21. The first-order valence-corrected chi connectivity index (χ1v) is 8.71. The van der Waals surface area contributed by atoms with Gasteiger partial charge in [-0.25, -0.2) is 0 Å². The van der Waals surface area contributed by atoms with Gasteiger partial charge < -0.3 is 25.2 Å². The SMILES string of the molecule is COc1ccc(Oc2ccc(C(=O)NCC3(O)CCCNC3)cc2)cc1. The van der Waals surface area contributed by atoms with E-state index in [0.29, 0.717) is 30.0 Å². The molecule has 1 fully saturated rings. The van der Waals surface area contributed by atoms with Gasteiger partial charge in [-0.2, -0.15) is 0 Å². The first-order chi connectivity index (χ1) is 12.6. The molecule has 1 aliphatic rings. The van der Waals surface area contributed by atoms with Crippen LogP contribution in [0.25, 0.3) is 0 Å². The zero-order valence-corrected chi connectivity index (χ0v) is 14.8. The second-order valence-electron chi connectivity index (χ2n) is 6.49. The van der Waals surface area contributed by atoms with Crippen molar-refractivity contribution in [2.24, 2.45) is 0 Å². The Morgan fingerprint density at radius 1 is 1.12 bits per heavy atom. The summed E-state index contributed by atoms with van der Waals surface area (Å²) in [6.07, 6.45) is 1.60. The van der Waals surface area contributed by atoms with Crippen LogP contribution in [0.15, 0.2) is 48.5 Å². The first-order valence-electron chi connectivity index (χ1n) is 8.71. The highest BCUT2D eigenvalue weighted by Crippen LogP contribution is 2.24. The summed E-state index contributed by atoms with van der Waals surface area (Å²) in [5, 5.41) is 16.4. The average Bonchev–Trinajstić information content (AvgIpc) is 2.68. The maximum Gasteiger partial charge on any atom is 0.251 e. The minimum Gasteiger partial charge on any atom is -0.497 e. The van der Waals surface area contributed by atoms with E-state index < -0.39 is 5.60 Å². The number of rotatable bonds is 6. The molecule has 138 valence electrons. The third-order valence-electron chi connectivity index (χ3n) is 4.44. The molecule has 1 atom stereocenters. The molecule has 2 aromatic carbocycles. The molecule has 1 aliphatic heterocycles. The van der Waals surface area contributed by atoms with Crippen molar-refractivity contribution in [3.05, 3.63) is 54.1 Å². The Morgan fingerprint density at radius 2 is 1.73 bits per heavy atom. The Labute approximate surface area is 153 Å². The number of piperidine rings is 1. The molecule has 0 aliphatic carbocycles. The Bertz CT molecular complexity index is 722. The van der Waals surface area contributed by atoms with Crippen molar-refractivity contribution in [2.45, 2.75) is 18.4 Å². The third kappa shape index (κ3) is 4.74. The van der Waals surface area contributed by atoms with Crippen LogP contribution in [0, 0.1) is 0 Å². The molecule has 0 saturated carbocycles. The monoisotopic (exact) mass is 356 g/mol. The number of aliphatic hydroxyl groups is 1. The Morgan fingerprint density at radius 3 is 2.31 bits per heavy atom. The zero-order chi connectivity index (χ0) is 18.4. The Balaban J connectivity index is 1.55. The smallest absolute Gasteiger partial charge is 0.251 e. The van der Waals surface area contributed by atoms with Crippen molar-refractivity contribution in [2.75, 3.05) is 26.7 Å². The summed E-state index contributed by atoms with van der Waals surface area (Å²) in [6.45, 7) is 1.65. The van der Waals surface area contributed by atoms with Crippen molar-refractivity contribution >= 4 is 5.91 Å². The number of ether oxygens (including phenoxy) is 2. The minimum absolute atomic E-state index is 0.208. The quantitative estimate of drug-likeness (QED) is 0.740. The van der Waals surface area contributed by atoms with Gasteiger partial charge in [-0.15, -0.1) is 0 Å². The molecule has 3 rings (SSSR count). The molecule has 2 aromatic rings. The molecule has 0 radical (unpaired) electrons. The summed E-state index contributed by atoms with van der Waals surface area (Å²) in [5.41, 5.74) is -0.342. The predicted molar refractivity (Wildman–Crippen MR) is 98.9 cm³/mol. The minimum atomic E-state index is -0.870. The standard InChI is InChI=1S/C20H24N2O4/c1-25-16-7-9-18(10-8-16)26-17-5-3-15(4-6-17)19(23)22-14-20(24)11-2-12-21-13-20/h3-10,21,24H,2,11-14H2,1H3,(H,22,23). The van der Waals surface area contributed by atoms with Gasteiger partial charge in [0.05, 0.1) is 12.7 Å². The predicted octanol–water partition coefficient (Wildman–Crippen LogP) is 2.33. The van der Waals surface area contributed by atoms with E-state index in [1.165, 1.54) is 0 Å². The molecular formula is C20H24N2O4. The average molecular weight is 356 g/mol. The van der Waals surface area contributed by atoms with Crippen LogP contribution in [0.5, 0.6) is 17.2 Å². The molecule has 0 bridgehead atoms. The number of nitrogens with one attached hydrogen (secondary N) is 2. The number of β-amino-alcohol motifs (C(OH)–C–C–N with tert-alkyl or cyclic N) is 1. The molecule has 6 heteroatoms. The molecule has 0 aromatic heterocycles. The molecule has 3 N–H and O–H groups in total. The zero-order valence-electron chi connectivity index (χ0n) is 14.8. The van der Waals surface area contributed by atoms with Crippen LogP contribution in [0.4, 0.5) is 0 Å². The van der Waals surface area contributed by atoms with Crippen molar-refractivity contribution in [1.82, 2.24) is 10.6 Å². The maximum absolute atomic E-state index is 12.3. The van der Waals surface area contributed by atoms with E-state index in [1.54, 1.807) is 31.4 Å². The fourth-order valence-electron chi connectivity index (χ4n) is 2.90. The highest BCUT2D eigenvalue weighted by molar-refractivity contribution is 5.94. The Kier molecular flexibility index (Phi) is 5.75. The number of benzene rings is 2. The molecule has 1 heterocycles. The molecule has 1 saturated heterocycles. The number of amides is 1. The third-order valence-corrected chi connectivity index (χ3v) is 4.44. The summed E-state index contributed by atoms with van der Waals surface area (Å²) in [7, 11) is 1.61. The van der Waals surface area contributed by atoms with E-state index >= 15 is 0 Å². The van der Waals surface area contributed by atoms with Gasteiger partial charge >= 0.3 is 0 Å². The van der Waals surface area contributed by atoms with Gasteiger partial charge in [-0.05, 0) is 67.9 Å². The largest absolute Gasteiger partial charge is 0.497 e. The van der Waals surface area contributed by atoms with E-state index in [-0.39, 0.29) is 12.5 Å². The van der Waals surface area contributed by atoms with Crippen molar-refractivity contribution in [1.29, 1.82) is 0 Å². The van der Waals surface area contributed by atoms with Gasteiger partial charge in [0.15, 0.2) is 0 Å². The van der Waals surface area contributed by atoms with E-state index in [2.05, 4.69) is 10.6 Å². The van der Waals surface area contributed by atoms with Crippen LogP contribution in [0.1, 0.15) is 23.2 Å². The van der Waals surface area contributed by atoms with Gasteiger partial charge in [0.25, 0.3) is 5.91 Å². The van der Waals surface area contributed by atoms with Gasteiger partial charge in [-0.3, -0.25) is 4.79 Å². The van der Waals surface area contributed by atoms with E-state index in [9.17, 15) is 9.90 Å². The molecule has 6 nitrogen and oxygen atoms in total. The summed E-state index contributed by atoms with van der Waals surface area (Å²) in [5.74, 6) is 1.89. The highest BCUT2D eigenvalue weighted by atomic mass is 16.5. The summed E-state index contributed by atoms with van der Waals surface area (Å²) < 4.78 is 10.9. The van der Waals surface area contributed by atoms with Crippen molar-refractivity contribution in [3.8, 4) is 17.2 Å². The normalized spacial score (nSPS) is 19.6.